The van der Waals surface area contributed by atoms with Gasteiger partial charge >= 0.3 is 6.18 Å². The van der Waals surface area contributed by atoms with Crippen LogP contribution >= 0.6 is 0 Å². The predicted octanol–water partition coefficient (Wildman–Crippen LogP) is 6.48. The van der Waals surface area contributed by atoms with Gasteiger partial charge in [0, 0.05) is 18.7 Å². The first-order valence-electron chi connectivity index (χ1n) is 13.2. The van der Waals surface area contributed by atoms with E-state index in [1.807, 2.05) is 86.6 Å². The number of hydrogen-bond acceptors (Lipinski definition) is 3. The number of benzene rings is 4. The second kappa shape index (κ2) is 12.9. The smallest absolute Gasteiger partial charge is 0.390 e. The first-order valence-corrected chi connectivity index (χ1v) is 13.2. The number of aliphatic hydroxyl groups is 1. The maximum Gasteiger partial charge on any atom is 0.416 e. The molecule has 0 saturated carbocycles. The van der Waals surface area contributed by atoms with E-state index in [1.54, 1.807) is 6.07 Å². The van der Waals surface area contributed by atoms with E-state index in [2.05, 4.69) is 10.6 Å². The van der Waals surface area contributed by atoms with Gasteiger partial charge in [-0.15, -0.1) is 0 Å². The molecule has 4 nitrogen and oxygen atoms in total. The third-order valence-corrected chi connectivity index (χ3v) is 7.00. The van der Waals surface area contributed by atoms with Crippen LogP contribution in [0.25, 0.3) is 11.1 Å². The van der Waals surface area contributed by atoms with Crippen LogP contribution in [0.15, 0.2) is 97.1 Å². The van der Waals surface area contributed by atoms with E-state index in [0.717, 1.165) is 39.9 Å². The fourth-order valence-corrected chi connectivity index (χ4v) is 4.88. The van der Waals surface area contributed by atoms with Crippen molar-refractivity contribution in [1.29, 1.82) is 0 Å². The van der Waals surface area contributed by atoms with Crippen LogP contribution in [0.4, 0.5) is 13.2 Å². The van der Waals surface area contributed by atoms with Crippen molar-refractivity contribution >= 4 is 5.91 Å². The fraction of sp³-hybridized carbons (Fsp3) is 0.242. The lowest BCUT2D eigenvalue weighted by Gasteiger charge is -2.26. The molecule has 0 aliphatic heterocycles. The summed E-state index contributed by atoms with van der Waals surface area (Å²) in [6, 6.07) is 27.7. The van der Waals surface area contributed by atoms with Crippen molar-refractivity contribution in [1.82, 2.24) is 10.6 Å². The third-order valence-electron chi connectivity index (χ3n) is 7.00. The van der Waals surface area contributed by atoms with Gasteiger partial charge in [-0.25, -0.2) is 0 Å². The molecule has 4 rings (SSSR count). The normalized spacial score (nSPS) is 13.1. The molecule has 40 heavy (non-hydrogen) atoms. The molecule has 4 aromatic rings. The highest BCUT2D eigenvalue weighted by molar-refractivity contribution is 5.99. The lowest BCUT2D eigenvalue weighted by atomic mass is 9.92. The molecule has 1 amide bonds. The largest absolute Gasteiger partial charge is 0.416 e. The third kappa shape index (κ3) is 7.37. The lowest BCUT2D eigenvalue weighted by molar-refractivity contribution is -0.137. The Labute approximate surface area is 232 Å². The van der Waals surface area contributed by atoms with Crippen molar-refractivity contribution in [2.24, 2.45) is 0 Å². The summed E-state index contributed by atoms with van der Waals surface area (Å²) in [4.78, 5) is 13.7. The molecule has 7 heteroatoms. The van der Waals surface area contributed by atoms with Crippen LogP contribution in [-0.2, 0) is 19.1 Å². The number of hydrogen-bond donors (Lipinski definition) is 3. The number of rotatable bonds is 10. The Kier molecular flexibility index (Phi) is 9.40. The highest BCUT2D eigenvalue weighted by Gasteiger charge is 2.30. The average Bonchev–Trinajstić information content (AvgIpc) is 2.93. The molecule has 4 aromatic carbocycles. The Balaban J connectivity index is 1.51. The topological polar surface area (TPSA) is 61.4 Å². The Morgan fingerprint density at radius 2 is 1.50 bits per heavy atom. The zero-order valence-electron chi connectivity index (χ0n) is 22.5. The van der Waals surface area contributed by atoms with E-state index in [9.17, 15) is 23.1 Å². The van der Waals surface area contributed by atoms with Crippen LogP contribution in [0.1, 0.15) is 38.2 Å². The molecular formula is C33H33F3N2O2. The number of alkyl halides is 3. The molecule has 0 unspecified atom stereocenters. The van der Waals surface area contributed by atoms with Crippen molar-refractivity contribution in [3.8, 4) is 11.1 Å². The van der Waals surface area contributed by atoms with E-state index in [4.69, 9.17) is 0 Å². The van der Waals surface area contributed by atoms with Crippen molar-refractivity contribution in [2.45, 2.75) is 45.1 Å². The number of halogens is 3. The van der Waals surface area contributed by atoms with Gasteiger partial charge in [-0.1, -0.05) is 91.0 Å². The van der Waals surface area contributed by atoms with Gasteiger partial charge in [-0.3, -0.25) is 4.79 Å². The van der Waals surface area contributed by atoms with Crippen LogP contribution in [0.3, 0.4) is 0 Å². The average molecular weight is 547 g/mol. The minimum Gasteiger partial charge on any atom is -0.390 e. The highest BCUT2D eigenvalue weighted by Crippen LogP contribution is 2.30. The number of aryl methyl sites for hydroxylation is 1. The summed E-state index contributed by atoms with van der Waals surface area (Å²) in [5.74, 6) is -0.286. The number of aliphatic hydroxyl groups excluding tert-OH is 1. The first-order chi connectivity index (χ1) is 19.1. The summed E-state index contributed by atoms with van der Waals surface area (Å²) in [5, 5.41) is 17.2. The Morgan fingerprint density at radius 3 is 2.17 bits per heavy atom. The van der Waals surface area contributed by atoms with Crippen molar-refractivity contribution in [3.05, 3.63) is 130 Å². The Morgan fingerprint density at radius 1 is 0.850 bits per heavy atom. The van der Waals surface area contributed by atoms with Gasteiger partial charge in [-0.05, 0) is 59.7 Å². The van der Waals surface area contributed by atoms with Gasteiger partial charge in [0.15, 0.2) is 0 Å². The van der Waals surface area contributed by atoms with Gasteiger partial charge in [0.2, 0.25) is 0 Å². The van der Waals surface area contributed by atoms with Crippen LogP contribution in [-0.4, -0.2) is 29.7 Å². The van der Waals surface area contributed by atoms with E-state index in [-0.39, 0.29) is 19.0 Å². The summed E-state index contributed by atoms with van der Waals surface area (Å²) < 4.78 is 39.2. The minimum atomic E-state index is -4.42. The van der Waals surface area contributed by atoms with E-state index >= 15 is 0 Å². The van der Waals surface area contributed by atoms with Gasteiger partial charge in [0.25, 0.3) is 5.91 Å². The standard InChI is InChI=1S/C33H33F3N2O2/c1-22-16-17-28(26-13-7-4-8-14-26)23(2)31(22)32(40)38-29(19-24-10-5-3-6-11-24)30(39)21-37-20-25-12-9-15-27(18-25)33(34,35)36/h3-18,29-30,37,39H,19-21H2,1-2H3,(H,38,40)/t29-,30+/m0/s1. The monoisotopic (exact) mass is 546 g/mol. The molecule has 208 valence electrons. The molecule has 0 aliphatic carbocycles. The molecule has 0 bridgehead atoms. The van der Waals surface area contributed by atoms with Gasteiger partial charge in [0.05, 0.1) is 17.7 Å². The van der Waals surface area contributed by atoms with Crippen LogP contribution in [0.2, 0.25) is 0 Å². The van der Waals surface area contributed by atoms with E-state index < -0.39 is 23.9 Å². The number of nitrogens with one attached hydrogen (secondary N) is 2. The van der Waals surface area contributed by atoms with Crippen LogP contribution in [0.5, 0.6) is 0 Å². The molecule has 0 fully saturated rings. The second-order valence-corrected chi connectivity index (χ2v) is 9.96. The van der Waals surface area contributed by atoms with Crippen LogP contribution in [0, 0.1) is 13.8 Å². The van der Waals surface area contributed by atoms with Gasteiger partial charge < -0.3 is 15.7 Å². The molecule has 2 atom stereocenters. The molecule has 0 saturated heterocycles. The van der Waals surface area contributed by atoms with Crippen molar-refractivity contribution in [2.75, 3.05) is 6.54 Å². The molecule has 0 radical (unpaired) electrons. The van der Waals surface area contributed by atoms with E-state index in [0.29, 0.717) is 17.5 Å². The molecule has 0 aliphatic rings. The number of amides is 1. The maximum atomic E-state index is 13.7. The van der Waals surface area contributed by atoms with Crippen LogP contribution < -0.4 is 10.6 Å². The minimum absolute atomic E-state index is 0.0794. The second-order valence-electron chi connectivity index (χ2n) is 9.96. The highest BCUT2D eigenvalue weighted by atomic mass is 19.4. The zero-order valence-corrected chi connectivity index (χ0v) is 22.5. The summed E-state index contributed by atoms with van der Waals surface area (Å²) in [5.41, 5.74) is 4.87. The summed E-state index contributed by atoms with van der Waals surface area (Å²) in [6.45, 7) is 4.03. The fourth-order valence-electron chi connectivity index (χ4n) is 4.88. The number of carbonyl (C=O) groups is 1. The van der Waals surface area contributed by atoms with Gasteiger partial charge in [0.1, 0.15) is 0 Å². The molecule has 0 spiro atoms. The Hall–Kier alpha value is -3.94. The summed E-state index contributed by atoms with van der Waals surface area (Å²) in [6.07, 6.45) is -5.03. The first kappa shape index (κ1) is 29.1. The maximum absolute atomic E-state index is 13.7. The summed E-state index contributed by atoms with van der Waals surface area (Å²) in [7, 11) is 0. The van der Waals surface area contributed by atoms with Crippen molar-refractivity contribution in [3.63, 3.8) is 0 Å². The molecule has 0 heterocycles. The molecular weight excluding hydrogens is 513 g/mol. The summed E-state index contributed by atoms with van der Waals surface area (Å²) >= 11 is 0. The SMILES string of the molecule is Cc1ccc(-c2ccccc2)c(C)c1C(=O)N[C@@H](Cc1ccccc1)[C@H](O)CNCc1cccc(C(F)(F)F)c1. The number of carbonyl (C=O) groups excluding carboxylic acids is 1. The molecule has 0 aromatic heterocycles. The zero-order chi connectivity index (χ0) is 28.7. The predicted molar refractivity (Wildman–Crippen MR) is 152 cm³/mol. The van der Waals surface area contributed by atoms with E-state index in [1.165, 1.54) is 6.07 Å². The Bertz CT molecular complexity index is 1420. The lowest BCUT2D eigenvalue weighted by Crippen LogP contribution is -2.49. The molecule has 3 N–H and O–H groups in total. The van der Waals surface area contributed by atoms with Gasteiger partial charge in [-0.2, -0.15) is 13.2 Å². The quantitative estimate of drug-likeness (QED) is 0.213. The van der Waals surface area contributed by atoms with Crippen molar-refractivity contribution < 1.29 is 23.1 Å².